The van der Waals surface area contributed by atoms with Crippen molar-refractivity contribution in [2.75, 3.05) is 6.61 Å². The average molecular weight is 253 g/mol. The van der Waals surface area contributed by atoms with Crippen molar-refractivity contribution in [1.29, 1.82) is 0 Å². The third-order valence-electron chi connectivity index (χ3n) is 3.83. The first-order valence-electron chi connectivity index (χ1n) is 6.79. The van der Waals surface area contributed by atoms with Crippen molar-refractivity contribution in [3.05, 3.63) is 70.8 Å². The molecule has 98 valence electrons. The molecular formula is C17H19NO. The van der Waals surface area contributed by atoms with Gasteiger partial charge >= 0.3 is 0 Å². The van der Waals surface area contributed by atoms with Gasteiger partial charge in [-0.1, -0.05) is 54.1 Å². The van der Waals surface area contributed by atoms with E-state index in [4.69, 9.17) is 0 Å². The molecule has 0 unspecified atom stereocenters. The van der Waals surface area contributed by atoms with Crippen molar-refractivity contribution in [1.82, 2.24) is 5.32 Å². The topological polar surface area (TPSA) is 32.3 Å². The predicted octanol–water partition coefficient (Wildman–Crippen LogP) is 2.59. The molecule has 2 aromatic rings. The minimum Gasteiger partial charge on any atom is -0.395 e. The summed E-state index contributed by atoms with van der Waals surface area (Å²) in [5, 5.41) is 13.0. The van der Waals surface area contributed by atoms with Gasteiger partial charge in [0, 0.05) is 6.04 Å². The van der Waals surface area contributed by atoms with E-state index in [-0.39, 0.29) is 18.7 Å². The summed E-state index contributed by atoms with van der Waals surface area (Å²) in [7, 11) is 0. The summed E-state index contributed by atoms with van der Waals surface area (Å²) in [4.78, 5) is 0. The molecular weight excluding hydrogens is 234 g/mol. The molecule has 1 heterocycles. The Kier molecular flexibility index (Phi) is 3.36. The fourth-order valence-electron chi connectivity index (χ4n) is 2.86. The van der Waals surface area contributed by atoms with Gasteiger partial charge in [0.05, 0.1) is 12.6 Å². The highest BCUT2D eigenvalue weighted by Gasteiger charge is 2.26. The third kappa shape index (κ3) is 2.42. The number of rotatable bonds is 2. The van der Waals surface area contributed by atoms with Gasteiger partial charge in [0.1, 0.15) is 0 Å². The first-order chi connectivity index (χ1) is 9.28. The van der Waals surface area contributed by atoms with E-state index in [0.717, 1.165) is 6.42 Å². The molecule has 0 fully saturated rings. The van der Waals surface area contributed by atoms with E-state index in [0.29, 0.717) is 0 Å². The van der Waals surface area contributed by atoms with E-state index < -0.39 is 0 Å². The maximum atomic E-state index is 9.47. The normalized spacial score (nSPS) is 22.0. The van der Waals surface area contributed by atoms with E-state index in [1.54, 1.807) is 0 Å². The van der Waals surface area contributed by atoms with E-state index in [1.807, 2.05) is 6.07 Å². The van der Waals surface area contributed by atoms with Crippen molar-refractivity contribution in [3.63, 3.8) is 0 Å². The molecule has 2 atom stereocenters. The summed E-state index contributed by atoms with van der Waals surface area (Å²) in [5.41, 5.74) is 5.23. The van der Waals surface area contributed by atoms with Crippen LogP contribution < -0.4 is 5.32 Å². The number of aliphatic hydroxyl groups excluding tert-OH is 1. The van der Waals surface area contributed by atoms with Gasteiger partial charge in [-0.05, 0) is 30.0 Å². The van der Waals surface area contributed by atoms with Crippen LogP contribution in [-0.2, 0) is 6.42 Å². The molecule has 3 rings (SSSR count). The number of aliphatic hydroxyl groups is 1. The number of fused-ring (bicyclic) bond motifs is 1. The zero-order chi connectivity index (χ0) is 13.2. The summed E-state index contributed by atoms with van der Waals surface area (Å²) in [6.07, 6.45) is 0.898. The van der Waals surface area contributed by atoms with Gasteiger partial charge < -0.3 is 10.4 Å². The number of aryl methyl sites for hydroxylation is 1. The first kappa shape index (κ1) is 12.4. The van der Waals surface area contributed by atoms with Crippen LogP contribution >= 0.6 is 0 Å². The second-order valence-electron chi connectivity index (χ2n) is 5.30. The maximum Gasteiger partial charge on any atom is 0.0588 e. The molecule has 0 spiro atoms. The lowest BCUT2D eigenvalue weighted by atomic mass is 9.86. The van der Waals surface area contributed by atoms with E-state index >= 15 is 0 Å². The first-order valence-corrected chi connectivity index (χ1v) is 6.79. The van der Waals surface area contributed by atoms with Gasteiger partial charge in [-0.2, -0.15) is 0 Å². The molecule has 0 amide bonds. The Morgan fingerprint density at radius 3 is 2.68 bits per heavy atom. The predicted molar refractivity (Wildman–Crippen MR) is 77.2 cm³/mol. The highest BCUT2D eigenvalue weighted by atomic mass is 16.3. The molecule has 2 nitrogen and oxygen atoms in total. The van der Waals surface area contributed by atoms with Crippen LogP contribution in [0.25, 0.3) is 0 Å². The lowest BCUT2D eigenvalue weighted by molar-refractivity contribution is 0.229. The molecule has 0 bridgehead atoms. The van der Waals surface area contributed by atoms with Crippen molar-refractivity contribution < 1.29 is 5.11 Å². The molecule has 19 heavy (non-hydrogen) atoms. The Bertz CT molecular complexity index is 565. The maximum absolute atomic E-state index is 9.47. The summed E-state index contributed by atoms with van der Waals surface area (Å²) in [6.45, 7) is 2.30. The van der Waals surface area contributed by atoms with Crippen molar-refractivity contribution in [2.45, 2.75) is 25.4 Å². The Balaban J connectivity index is 2.07. The van der Waals surface area contributed by atoms with Crippen LogP contribution in [-0.4, -0.2) is 17.8 Å². The number of hydrogen-bond acceptors (Lipinski definition) is 2. The molecule has 2 heteroatoms. The molecule has 0 saturated heterocycles. The summed E-state index contributed by atoms with van der Waals surface area (Å²) in [5.74, 6) is 0. The number of hydrogen-bond donors (Lipinski definition) is 2. The zero-order valence-electron chi connectivity index (χ0n) is 11.1. The third-order valence-corrected chi connectivity index (χ3v) is 3.83. The van der Waals surface area contributed by atoms with Gasteiger partial charge in [0.15, 0.2) is 0 Å². The van der Waals surface area contributed by atoms with E-state index in [2.05, 4.69) is 54.7 Å². The quantitative estimate of drug-likeness (QED) is 0.862. The minimum atomic E-state index is 0.139. The van der Waals surface area contributed by atoms with Crippen LogP contribution in [0.2, 0.25) is 0 Å². The Labute approximate surface area is 114 Å². The highest BCUT2D eigenvalue weighted by molar-refractivity contribution is 5.42. The summed E-state index contributed by atoms with van der Waals surface area (Å²) < 4.78 is 0. The minimum absolute atomic E-state index is 0.139. The van der Waals surface area contributed by atoms with Gasteiger partial charge in [-0.25, -0.2) is 0 Å². The molecule has 0 aliphatic carbocycles. The molecule has 0 radical (unpaired) electrons. The summed E-state index contributed by atoms with van der Waals surface area (Å²) >= 11 is 0. The van der Waals surface area contributed by atoms with Crippen LogP contribution in [0, 0.1) is 6.92 Å². The van der Waals surface area contributed by atoms with Gasteiger partial charge in [0.25, 0.3) is 0 Å². The standard InChI is InChI=1S/C17H19NO/c1-12-7-8-14-10-15(11-19)18-17(16(14)9-12)13-5-3-2-4-6-13/h2-9,15,17-19H,10-11H2,1H3/t15-,17-/m0/s1. The molecule has 1 aliphatic heterocycles. The van der Waals surface area contributed by atoms with Crippen molar-refractivity contribution >= 4 is 0 Å². The molecule has 0 saturated carbocycles. The average Bonchev–Trinajstić information content (AvgIpc) is 2.47. The molecule has 2 aromatic carbocycles. The zero-order valence-corrected chi connectivity index (χ0v) is 11.1. The Morgan fingerprint density at radius 1 is 1.16 bits per heavy atom. The molecule has 0 aromatic heterocycles. The lowest BCUT2D eigenvalue weighted by Crippen LogP contribution is -2.42. The van der Waals surface area contributed by atoms with Gasteiger partial charge in [-0.3, -0.25) is 0 Å². The fraction of sp³-hybridized carbons (Fsp3) is 0.294. The Hall–Kier alpha value is -1.64. The Morgan fingerprint density at radius 2 is 1.95 bits per heavy atom. The van der Waals surface area contributed by atoms with Crippen LogP contribution in [0.5, 0.6) is 0 Å². The SMILES string of the molecule is Cc1ccc2c(c1)[C@H](c1ccccc1)N[C@H](CO)C2. The smallest absolute Gasteiger partial charge is 0.0588 e. The van der Waals surface area contributed by atoms with Crippen LogP contribution in [0.1, 0.15) is 28.3 Å². The van der Waals surface area contributed by atoms with Gasteiger partial charge in [0.2, 0.25) is 0 Å². The van der Waals surface area contributed by atoms with E-state index in [9.17, 15) is 5.11 Å². The molecule has 2 N–H and O–H groups in total. The largest absolute Gasteiger partial charge is 0.395 e. The van der Waals surface area contributed by atoms with Crippen LogP contribution in [0.3, 0.4) is 0 Å². The lowest BCUT2D eigenvalue weighted by Gasteiger charge is -2.33. The highest BCUT2D eigenvalue weighted by Crippen LogP contribution is 2.31. The monoisotopic (exact) mass is 253 g/mol. The number of benzene rings is 2. The van der Waals surface area contributed by atoms with Crippen molar-refractivity contribution in [3.8, 4) is 0 Å². The van der Waals surface area contributed by atoms with Crippen molar-refractivity contribution in [2.24, 2.45) is 0 Å². The molecule has 1 aliphatic rings. The second kappa shape index (κ2) is 5.16. The van der Waals surface area contributed by atoms with Crippen LogP contribution in [0.4, 0.5) is 0 Å². The van der Waals surface area contributed by atoms with E-state index in [1.165, 1.54) is 22.3 Å². The van der Waals surface area contributed by atoms with Crippen LogP contribution in [0.15, 0.2) is 48.5 Å². The van der Waals surface area contributed by atoms with Gasteiger partial charge in [-0.15, -0.1) is 0 Å². The number of nitrogens with one attached hydrogen (secondary N) is 1. The fourth-order valence-corrected chi connectivity index (χ4v) is 2.86. The second-order valence-corrected chi connectivity index (χ2v) is 5.30. The summed E-state index contributed by atoms with van der Waals surface area (Å²) in [6, 6.07) is 17.4.